The summed E-state index contributed by atoms with van der Waals surface area (Å²) in [5.41, 5.74) is 2.36. The smallest absolute Gasteiger partial charge is 0.110 e. The molecule has 0 bridgehead atoms. The zero-order valence-electron chi connectivity index (χ0n) is 28.6. The topological polar surface area (TPSA) is 55.4 Å². The van der Waals surface area contributed by atoms with Gasteiger partial charge in [-0.15, -0.1) is 0 Å². The van der Waals surface area contributed by atoms with E-state index in [1.165, 1.54) is 34.5 Å². The Morgan fingerprint density at radius 2 is 1.51 bits per heavy atom. The number of benzene rings is 2. The summed E-state index contributed by atoms with van der Waals surface area (Å²) in [4.78, 5) is 0.237. The first-order chi connectivity index (χ1) is 23.0. The van der Waals surface area contributed by atoms with Crippen LogP contribution in [0.3, 0.4) is 0 Å². The van der Waals surface area contributed by atoms with Crippen LogP contribution in [0.2, 0.25) is 18.1 Å². The van der Waals surface area contributed by atoms with E-state index in [9.17, 15) is 0 Å². The Kier molecular flexibility index (Phi) is 12.9. The lowest BCUT2D eigenvalue weighted by atomic mass is 9.90. The van der Waals surface area contributed by atoms with Crippen molar-refractivity contribution in [3.63, 3.8) is 0 Å². The van der Waals surface area contributed by atoms with Gasteiger partial charge in [-0.25, -0.2) is 0 Å². The molecule has 0 aromatic heterocycles. The third kappa shape index (κ3) is 8.69. The van der Waals surface area contributed by atoms with Crippen LogP contribution in [-0.2, 0) is 41.6 Å². The van der Waals surface area contributed by atoms with Crippen LogP contribution in [0.15, 0.2) is 71.9 Å². The van der Waals surface area contributed by atoms with E-state index in [1.54, 1.807) is 0 Å². The number of rotatable bonds is 13. The van der Waals surface area contributed by atoms with Crippen LogP contribution in [0.4, 0.5) is 0 Å². The molecule has 258 valence electrons. The van der Waals surface area contributed by atoms with E-state index in [1.807, 2.05) is 6.07 Å². The molecular formula is C39H55BrO6Si. The number of fused-ring (bicyclic) bond motifs is 2. The maximum Gasteiger partial charge on any atom is 0.110 e. The van der Waals surface area contributed by atoms with Gasteiger partial charge in [-0.1, -0.05) is 127 Å². The van der Waals surface area contributed by atoms with Gasteiger partial charge in [0.2, 0.25) is 0 Å². The minimum Gasteiger partial charge on any atom is -0.375 e. The third-order valence-electron chi connectivity index (χ3n) is 11.2. The average Bonchev–Trinajstić information content (AvgIpc) is 3.12. The van der Waals surface area contributed by atoms with Crippen molar-refractivity contribution in [2.24, 2.45) is 0 Å². The molecule has 0 unspecified atom stereocenters. The quantitative estimate of drug-likeness (QED) is 0.152. The molecule has 2 aromatic carbocycles. The summed E-state index contributed by atoms with van der Waals surface area (Å²) >= 11 is 4.10. The summed E-state index contributed by atoms with van der Waals surface area (Å²) in [6.45, 7) is 9.76. The zero-order valence-corrected chi connectivity index (χ0v) is 31.2. The summed E-state index contributed by atoms with van der Waals surface area (Å²) in [5.74, 6) is 0. The molecule has 47 heavy (non-hydrogen) atoms. The van der Waals surface area contributed by atoms with Gasteiger partial charge in [-0.05, 0) is 43.2 Å². The molecule has 4 aliphatic heterocycles. The molecule has 6 rings (SSSR count). The first-order valence-electron chi connectivity index (χ1n) is 18.2. The van der Waals surface area contributed by atoms with Crippen molar-refractivity contribution in [3.05, 3.63) is 83.1 Å². The lowest BCUT2D eigenvalue weighted by molar-refractivity contribution is -0.238. The van der Waals surface area contributed by atoms with Gasteiger partial charge in [0.05, 0.1) is 70.6 Å². The monoisotopic (exact) mass is 726 g/mol. The molecule has 0 aliphatic carbocycles. The minimum atomic E-state index is -1.81. The van der Waals surface area contributed by atoms with E-state index < -0.39 is 8.07 Å². The molecule has 9 atom stereocenters. The average molecular weight is 728 g/mol. The van der Waals surface area contributed by atoms with Crippen molar-refractivity contribution >= 4 is 24.0 Å². The maximum atomic E-state index is 7.01. The first kappa shape index (κ1) is 35.5. The molecule has 2 aromatic rings. The molecule has 4 heterocycles. The Labute approximate surface area is 292 Å². The summed E-state index contributed by atoms with van der Waals surface area (Å²) < 4.78 is 39.8. The molecule has 0 saturated carbocycles. The van der Waals surface area contributed by atoms with E-state index in [-0.39, 0.29) is 53.7 Å². The standard InChI is InChI=1S/C39H55BrO6Si/c1-4-47(5-2,6-3)37(38-32(40)24-35-33(46-38)18-13-21-42-35)23-31-22-36(43-26-29-16-11-8-12-17-29)39-34(44-31)20-19-30(45-39)27-41-25-28-14-9-7-10-15-28/h7-12,14-17,23,30-36,38-39H,4-6,13,18-22,24-27H2,1-3H3/b37-23+/t30-,31-,32-,33-,34+,35+,36+,38+,39+/m0/s1. The van der Waals surface area contributed by atoms with Gasteiger partial charge in [-0.3, -0.25) is 0 Å². The van der Waals surface area contributed by atoms with E-state index >= 15 is 0 Å². The Morgan fingerprint density at radius 1 is 0.809 bits per heavy atom. The number of ether oxygens (including phenoxy) is 6. The Hall–Kier alpha value is -1.36. The number of hydrogen-bond acceptors (Lipinski definition) is 6. The van der Waals surface area contributed by atoms with Crippen LogP contribution in [-0.4, -0.2) is 74.9 Å². The first-order valence-corrected chi connectivity index (χ1v) is 21.8. The Morgan fingerprint density at radius 3 is 2.21 bits per heavy atom. The van der Waals surface area contributed by atoms with E-state index in [2.05, 4.69) is 97.4 Å². The summed E-state index contributed by atoms with van der Waals surface area (Å²) in [5, 5.41) is 1.53. The van der Waals surface area contributed by atoms with Crippen molar-refractivity contribution in [1.82, 2.24) is 0 Å². The van der Waals surface area contributed by atoms with Gasteiger partial charge in [0.15, 0.2) is 0 Å². The molecule has 4 aliphatic rings. The van der Waals surface area contributed by atoms with Gasteiger partial charge in [0, 0.05) is 17.9 Å². The Bertz CT molecular complexity index is 1250. The second-order valence-electron chi connectivity index (χ2n) is 13.9. The lowest BCUT2D eigenvalue weighted by Crippen LogP contribution is -2.56. The van der Waals surface area contributed by atoms with Gasteiger partial charge in [-0.2, -0.15) is 0 Å². The highest BCUT2D eigenvalue weighted by Crippen LogP contribution is 2.43. The highest BCUT2D eigenvalue weighted by Gasteiger charge is 2.48. The fourth-order valence-corrected chi connectivity index (χ4v) is 13.4. The predicted octanol–water partition coefficient (Wildman–Crippen LogP) is 8.57. The van der Waals surface area contributed by atoms with Crippen LogP contribution in [0.25, 0.3) is 0 Å². The number of hydrogen-bond donors (Lipinski definition) is 0. The van der Waals surface area contributed by atoms with Crippen molar-refractivity contribution in [1.29, 1.82) is 0 Å². The van der Waals surface area contributed by atoms with Crippen LogP contribution in [0.5, 0.6) is 0 Å². The van der Waals surface area contributed by atoms with Crippen molar-refractivity contribution < 1.29 is 28.4 Å². The highest BCUT2D eigenvalue weighted by atomic mass is 79.9. The molecule has 6 nitrogen and oxygen atoms in total. The number of halogens is 1. The van der Waals surface area contributed by atoms with Gasteiger partial charge < -0.3 is 28.4 Å². The second-order valence-corrected chi connectivity index (χ2v) is 20.4. The molecule has 0 spiro atoms. The van der Waals surface area contributed by atoms with Gasteiger partial charge >= 0.3 is 0 Å². The molecule has 0 amide bonds. The fraction of sp³-hybridized carbons (Fsp3) is 0.641. The molecule has 4 fully saturated rings. The SMILES string of the molecule is CC[Si](CC)(CC)/C(=C/[C@@H]1C[C@@H](OCc2ccccc2)[C@@H]2O[C@H](COCc3ccccc3)CC[C@H]2O1)[C@@H]1O[C@H]2CCCO[C@@H]2C[C@@H]1Br. The predicted molar refractivity (Wildman–Crippen MR) is 193 cm³/mol. The van der Waals surface area contributed by atoms with Gasteiger partial charge in [0.25, 0.3) is 0 Å². The van der Waals surface area contributed by atoms with Crippen LogP contribution in [0, 0.1) is 0 Å². The molecule has 0 radical (unpaired) electrons. The molecular weight excluding hydrogens is 672 g/mol. The van der Waals surface area contributed by atoms with E-state index in [4.69, 9.17) is 28.4 Å². The summed E-state index contributed by atoms with van der Waals surface area (Å²) in [7, 11) is -1.81. The second kappa shape index (κ2) is 17.0. The largest absolute Gasteiger partial charge is 0.375 e. The third-order valence-corrected chi connectivity index (χ3v) is 17.8. The zero-order chi connectivity index (χ0) is 32.6. The molecule has 0 N–H and O–H groups in total. The van der Waals surface area contributed by atoms with Crippen molar-refractivity contribution in [3.8, 4) is 0 Å². The van der Waals surface area contributed by atoms with Crippen molar-refractivity contribution in [2.45, 2.75) is 144 Å². The number of alkyl halides is 1. The molecule has 8 heteroatoms. The summed E-state index contributed by atoms with van der Waals surface area (Å²) in [6, 6.07) is 24.4. The van der Waals surface area contributed by atoms with E-state index in [0.717, 1.165) is 45.1 Å². The maximum absolute atomic E-state index is 7.01. The highest BCUT2D eigenvalue weighted by molar-refractivity contribution is 9.09. The Balaban J connectivity index is 1.22. The minimum absolute atomic E-state index is 0.0125. The van der Waals surface area contributed by atoms with Crippen molar-refractivity contribution in [2.75, 3.05) is 13.2 Å². The normalized spacial score (nSPS) is 33.2. The fourth-order valence-electron chi connectivity index (χ4n) is 8.27. The van der Waals surface area contributed by atoms with Crippen LogP contribution >= 0.6 is 15.9 Å². The molecule has 4 saturated heterocycles. The van der Waals surface area contributed by atoms with E-state index in [0.29, 0.717) is 19.8 Å². The lowest BCUT2D eigenvalue weighted by Gasteiger charge is -2.48. The summed E-state index contributed by atoms with van der Waals surface area (Å²) in [6.07, 6.45) is 8.50. The van der Waals surface area contributed by atoms with Crippen LogP contribution in [0.1, 0.15) is 70.4 Å². The van der Waals surface area contributed by atoms with Crippen LogP contribution < -0.4 is 0 Å². The van der Waals surface area contributed by atoms with Gasteiger partial charge in [0.1, 0.15) is 6.10 Å².